The molecule has 2 rings (SSSR count). The Kier molecular flexibility index (Phi) is 8.37. The average Bonchev–Trinajstić information content (AvgIpc) is 3.04. The van der Waals surface area contributed by atoms with Crippen molar-refractivity contribution in [3.63, 3.8) is 0 Å². The van der Waals surface area contributed by atoms with E-state index in [0.717, 1.165) is 25.7 Å². The zero-order valence-corrected chi connectivity index (χ0v) is 18.2. The number of methoxy groups -OCH3 is 1. The molecule has 0 aliphatic carbocycles. The molecule has 0 spiro atoms. The summed E-state index contributed by atoms with van der Waals surface area (Å²) in [6, 6.07) is 1.62. The lowest BCUT2D eigenvalue weighted by Crippen LogP contribution is -2.12. The van der Waals surface area contributed by atoms with Crippen LogP contribution in [0.3, 0.4) is 0 Å². The maximum absolute atomic E-state index is 11.8. The zero-order chi connectivity index (χ0) is 21.4. The number of fused-ring (bicyclic) bond motifs is 1. The number of phenols is 1. The third kappa shape index (κ3) is 6.41. The summed E-state index contributed by atoms with van der Waals surface area (Å²) in [5.74, 6) is 0.403. The monoisotopic (exact) mass is 399 g/mol. The van der Waals surface area contributed by atoms with Gasteiger partial charge in [0.15, 0.2) is 11.5 Å². The highest BCUT2D eigenvalue weighted by Crippen LogP contribution is 2.42. The lowest BCUT2D eigenvalue weighted by Gasteiger charge is -2.14. The fourth-order valence-electron chi connectivity index (χ4n) is 3.21. The summed E-state index contributed by atoms with van der Waals surface area (Å²) in [5.41, 5.74) is 5.01. The number of carbonyl (C=O) groups is 1. The number of hydrogen-bond acceptors (Lipinski definition) is 4. The molecule has 0 saturated heterocycles. The first kappa shape index (κ1) is 22.6. The molecule has 158 valence electrons. The highest BCUT2D eigenvalue weighted by atomic mass is 16.5. The number of allylic oxidation sites excluding steroid dienone is 5. The molecule has 0 atom stereocenters. The van der Waals surface area contributed by atoms with Crippen LogP contribution in [0.2, 0.25) is 0 Å². The normalized spacial score (nSPS) is 13.8. The van der Waals surface area contributed by atoms with Gasteiger partial charge in [0, 0.05) is 12.1 Å². The first-order chi connectivity index (χ1) is 13.8. The summed E-state index contributed by atoms with van der Waals surface area (Å²) in [6.07, 6.45) is 10.8. The first-order valence-electron chi connectivity index (χ1n) is 10.1. The Morgan fingerprint density at radius 1 is 1.10 bits per heavy atom. The number of phenolic OH excluding ortho intramolecular Hbond substituents is 1. The molecule has 1 amide bonds. The second-order valence-corrected chi connectivity index (χ2v) is 7.74. The molecule has 0 fully saturated rings. The largest absolute Gasteiger partial charge is 0.504 e. The van der Waals surface area contributed by atoms with Crippen molar-refractivity contribution < 1.29 is 19.4 Å². The highest BCUT2D eigenvalue weighted by Gasteiger charge is 2.27. The Morgan fingerprint density at radius 2 is 1.76 bits per heavy atom. The predicted molar refractivity (Wildman–Crippen MR) is 117 cm³/mol. The van der Waals surface area contributed by atoms with Gasteiger partial charge in [-0.05, 0) is 65.5 Å². The van der Waals surface area contributed by atoms with E-state index in [1.807, 2.05) is 6.08 Å². The second-order valence-electron chi connectivity index (χ2n) is 7.74. The van der Waals surface area contributed by atoms with Gasteiger partial charge >= 0.3 is 0 Å². The van der Waals surface area contributed by atoms with Crippen molar-refractivity contribution in [1.82, 2.24) is 5.32 Å². The van der Waals surface area contributed by atoms with E-state index in [1.54, 1.807) is 6.07 Å². The smallest absolute Gasteiger partial charge is 0.252 e. The van der Waals surface area contributed by atoms with Gasteiger partial charge in [-0.2, -0.15) is 0 Å². The third-order valence-electron chi connectivity index (χ3n) is 5.00. The molecular weight excluding hydrogens is 366 g/mol. The van der Waals surface area contributed by atoms with E-state index in [1.165, 1.54) is 23.8 Å². The van der Waals surface area contributed by atoms with Gasteiger partial charge in [-0.15, -0.1) is 0 Å². The lowest BCUT2D eigenvalue weighted by molar-refractivity contribution is 0.0965. The molecule has 0 bridgehead atoms. The quantitative estimate of drug-likeness (QED) is 0.514. The molecule has 2 N–H and O–H groups in total. The topological polar surface area (TPSA) is 67.8 Å². The number of ether oxygens (including phenoxy) is 2. The SMILES string of the molecule is COc1cc2c(c(O)c1OCC=C(C)CCC=C(C)CCC=C(C)C)CNC2=O. The molecule has 0 radical (unpaired) electrons. The van der Waals surface area contributed by atoms with Crippen LogP contribution in [0.25, 0.3) is 0 Å². The number of hydrogen-bond donors (Lipinski definition) is 2. The van der Waals surface area contributed by atoms with Crippen LogP contribution >= 0.6 is 0 Å². The first-order valence-corrected chi connectivity index (χ1v) is 10.1. The van der Waals surface area contributed by atoms with Crippen LogP contribution < -0.4 is 14.8 Å². The summed E-state index contributed by atoms with van der Waals surface area (Å²) in [4.78, 5) is 11.8. The van der Waals surface area contributed by atoms with Crippen LogP contribution in [-0.4, -0.2) is 24.7 Å². The Morgan fingerprint density at radius 3 is 2.41 bits per heavy atom. The Hall–Kier alpha value is -2.69. The minimum Gasteiger partial charge on any atom is -0.504 e. The maximum Gasteiger partial charge on any atom is 0.252 e. The zero-order valence-electron chi connectivity index (χ0n) is 18.2. The summed E-state index contributed by atoms with van der Waals surface area (Å²) in [6.45, 7) is 9.16. The van der Waals surface area contributed by atoms with Crippen LogP contribution in [0.4, 0.5) is 0 Å². The van der Waals surface area contributed by atoms with Gasteiger partial charge < -0.3 is 19.9 Å². The van der Waals surface area contributed by atoms with E-state index in [0.29, 0.717) is 30.0 Å². The maximum atomic E-state index is 11.8. The van der Waals surface area contributed by atoms with E-state index < -0.39 is 0 Å². The molecule has 1 aromatic rings. The van der Waals surface area contributed by atoms with Crippen molar-refractivity contribution in [2.45, 2.75) is 59.9 Å². The minimum absolute atomic E-state index is 0.0290. The van der Waals surface area contributed by atoms with Gasteiger partial charge in [0.25, 0.3) is 5.91 Å². The number of rotatable bonds is 10. The number of nitrogens with one attached hydrogen (secondary N) is 1. The van der Waals surface area contributed by atoms with Crippen molar-refractivity contribution in [3.05, 3.63) is 52.1 Å². The van der Waals surface area contributed by atoms with E-state index in [2.05, 4.69) is 45.2 Å². The van der Waals surface area contributed by atoms with Crippen molar-refractivity contribution in [1.29, 1.82) is 0 Å². The molecular formula is C24H33NO4. The van der Waals surface area contributed by atoms with E-state index in [9.17, 15) is 9.90 Å². The van der Waals surface area contributed by atoms with Gasteiger partial charge in [-0.1, -0.05) is 28.9 Å². The van der Waals surface area contributed by atoms with Crippen molar-refractivity contribution >= 4 is 5.91 Å². The number of amides is 1. The van der Waals surface area contributed by atoms with Crippen molar-refractivity contribution in [2.75, 3.05) is 13.7 Å². The summed E-state index contributed by atoms with van der Waals surface area (Å²) >= 11 is 0. The van der Waals surface area contributed by atoms with Crippen LogP contribution in [0, 0.1) is 0 Å². The van der Waals surface area contributed by atoms with Crippen molar-refractivity contribution in [3.8, 4) is 17.2 Å². The molecule has 0 unspecified atom stereocenters. The van der Waals surface area contributed by atoms with E-state index >= 15 is 0 Å². The number of benzene rings is 1. The fourth-order valence-corrected chi connectivity index (χ4v) is 3.21. The highest BCUT2D eigenvalue weighted by molar-refractivity contribution is 6.00. The second kappa shape index (κ2) is 10.7. The minimum atomic E-state index is -0.208. The molecule has 5 heteroatoms. The lowest BCUT2D eigenvalue weighted by atomic mass is 10.1. The number of carbonyl (C=O) groups excluding carboxylic acids is 1. The predicted octanol–water partition coefficient (Wildman–Crippen LogP) is 5.44. The Balaban J connectivity index is 1.89. The van der Waals surface area contributed by atoms with E-state index in [4.69, 9.17) is 9.47 Å². The summed E-state index contributed by atoms with van der Waals surface area (Å²) in [7, 11) is 1.49. The third-order valence-corrected chi connectivity index (χ3v) is 5.00. The molecule has 1 aromatic carbocycles. The van der Waals surface area contributed by atoms with Gasteiger partial charge in [0.1, 0.15) is 6.61 Å². The van der Waals surface area contributed by atoms with Gasteiger partial charge in [0.2, 0.25) is 5.75 Å². The molecule has 0 saturated carbocycles. The van der Waals surface area contributed by atoms with Crippen LogP contribution in [0.5, 0.6) is 17.2 Å². The van der Waals surface area contributed by atoms with E-state index in [-0.39, 0.29) is 17.4 Å². The van der Waals surface area contributed by atoms with Crippen molar-refractivity contribution in [2.24, 2.45) is 0 Å². The fraction of sp³-hybridized carbons (Fsp3) is 0.458. The molecule has 5 nitrogen and oxygen atoms in total. The van der Waals surface area contributed by atoms with Gasteiger partial charge in [-0.3, -0.25) is 4.79 Å². The average molecular weight is 400 g/mol. The molecule has 1 heterocycles. The molecule has 29 heavy (non-hydrogen) atoms. The van der Waals surface area contributed by atoms with Crippen LogP contribution in [0.1, 0.15) is 69.3 Å². The summed E-state index contributed by atoms with van der Waals surface area (Å²) in [5, 5.41) is 13.2. The number of aromatic hydroxyl groups is 1. The van der Waals surface area contributed by atoms with Gasteiger partial charge in [-0.25, -0.2) is 0 Å². The Labute approximate surface area is 174 Å². The van der Waals surface area contributed by atoms with Gasteiger partial charge in [0.05, 0.1) is 12.7 Å². The Bertz CT molecular complexity index is 830. The summed E-state index contributed by atoms with van der Waals surface area (Å²) < 4.78 is 11.1. The standard InChI is InChI=1S/C24H33NO4/c1-16(2)8-6-9-17(3)10-7-11-18(4)12-13-29-23-21(28-5)14-19-20(22(23)26)15-25-24(19)27/h8,10,12,14,26H,6-7,9,11,13,15H2,1-5H3,(H,25,27). The van der Waals surface area contributed by atoms with Crippen LogP contribution in [-0.2, 0) is 6.54 Å². The van der Waals surface area contributed by atoms with Crippen LogP contribution in [0.15, 0.2) is 41.0 Å². The molecule has 1 aliphatic rings. The molecule has 0 aromatic heterocycles. The molecule has 1 aliphatic heterocycles.